The van der Waals surface area contributed by atoms with Crippen molar-refractivity contribution in [3.8, 4) is 0 Å². The summed E-state index contributed by atoms with van der Waals surface area (Å²) in [7, 11) is 0. The molecule has 3 rings (SSSR count). The lowest BCUT2D eigenvalue weighted by Crippen LogP contribution is -2.39. The monoisotopic (exact) mass is 338 g/mol. The van der Waals surface area contributed by atoms with E-state index in [0.717, 1.165) is 29.7 Å². The summed E-state index contributed by atoms with van der Waals surface area (Å²) in [5.41, 5.74) is 0.692. The Bertz CT molecular complexity index is 613. The van der Waals surface area contributed by atoms with E-state index in [-0.39, 0.29) is 11.9 Å². The highest BCUT2D eigenvalue weighted by atomic mass is 79.9. The first-order valence-corrected chi connectivity index (χ1v) is 7.50. The minimum absolute atomic E-state index is 0.0295. The van der Waals surface area contributed by atoms with E-state index in [0.29, 0.717) is 11.6 Å². The first kappa shape index (κ1) is 13.7. The third-order valence-corrected chi connectivity index (χ3v) is 4.21. The molecule has 1 N–H and O–H groups in total. The lowest BCUT2D eigenvalue weighted by atomic mass is 10.0. The van der Waals surface area contributed by atoms with Gasteiger partial charge in [-0.15, -0.1) is 0 Å². The second kappa shape index (κ2) is 5.61. The summed E-state index contributed by atoms with van der Waals surface area (Å²) in [6.07, 6.45) is 3.50. The highest BCUT2D eigenvalue weighted by Crippen LogP contribution is 2.22. The number of nitrogens with one attached hydrogen (secondary N) is 1. The molecule has 1 aliphatic rings. The maximum atomic E-state index is 13.9. The number of hydrogen-bond acceptors (Lipinski definition) is 3. The molecule has 0 radical (unpaired) electrons. The van der Waals surface area contributed by atoms with Crippen molar-refractivity contribution < 1.29 is 4.39 Å². The van der Waals surface area contributed by atoms with Gasteiger partial charge >= 0.3 is 0 Å². The van der Waals surface area contributed by atoms with Crippen molar-refractivity contribution in [1.82, 2.24) is 20.1 Å². The first-order valence-electron chi connectivity index (χ1n) is 6.71. The molecule has 0 aliphatic carbocycles. The van der Waals surface area contributed by atoms with Gasteiger partial charge in [-0.2, -0.15) is 5.10 Å². The van der Waals surface area contributed by atoms with Gasteiger partial charge in [0.25, 0.3) is 0 Å². The van der Waals surface area contributed by atoms with E-state index in [9.17, 15) is 4.39 Å². The van der Waals surface area contributed by atoms with Crippen molar-refractivity contribution in [3.05, 3.63) is 46.2 Å². The summed E-state index contributed by atoms with van der Waals surface area (Å²) in [6, 6.07) is 5.46. The molecule has 1 aromatic carbocycles. The average Bonchev–Trinajstić information content (AvgIpc) is 2.85. The quantitative estimate of drug-likeness (QED) is 0.935. The highest BCUT2D eigenvalue weighted by Gasteiger charge is 2.22. The van der Waals surface area contributed by atoms with Crippen molar-refractivity contribution in [3.63, 3.8) is 0 Å². The van der Waals surface area contributed by atoms with Crippen LogP contribution in [0.2, 0.25) is 0 Å². The van der Waals surface area contributed by atoms with Crippen LogP contribution in [-0.2, 0) is 13.0 Å². The summed E-state index contributed by atoms with van der Waals surface area (Å²) in [5, 5.41) is 7.68. The molecule has 1 aliphatic heterocycles. The van der Waals surface area contributed by atoms with Crippen molar-refractivity contribution in [2.24, 2.45) is 0 Å². The number of nitrogens with zero attached hydrogens (tertiary/aromatic N) is 3. The minimum atomic E-state index is -0.184. The maximum absolute atomic E-state index is 13.9. The van der Waals surface area contributed by atoms with E-state index in [1.807, 2.05) is 23.7 Å². The van der Waals surface area contributed by atoms with Crippen LogP contribution in [-0.4, -0.2) is 20.8 Å². The fourth-order valence-corrected chi connectivity index (χ4v) is 3.00. The van der Waals surface area contributed by atoms with Crippen LogP contribution < -0.4 is 5.32 Å². The predicted molar refractivity (Wildman–Crippen MR) is 77.8 cm³/mol. The smallest absolute Gasteiger partial charge is 0.138 e. The topological polar surface area (TPSA) is 42.7 Å². The van der Waals surface area contributed by atoms with E-state index in [4.69, 9.17) is 0 Å². The van der Waals surface area contributed by atoms with Crippen molar-refractivity contribution >= 4 is 15.9 Å². The van der Waals surface area contributed by atoms with Crippen LogP contribution in [0.25, 0.3) is 0 Å². The zero-order chi connectivity index (χ0) is 14.1. The molecule has 2 heterocycles. The Kier molecular flexibility index (Phi) is 3.85. The summed E-state index contributed by atoms with van der Waals surface area (Å²) in [4.78, 5) is 4.21. The molecular formula is C14H16BrFN4. The van der Waals surface area contributed by atoms with E-state index in [1.54, 1.807) is 6.33 Å². The largest absolute Gasteiger partial charge is 0.305 e. The number of benzene rings is 1. The molecule has 6 heteroatoms. The van der Waals surface area contributed by atoms with Gasteiger partial charge in [-0.05, 0) is 25.5 Å². The normalized spacial score (nSPS) is 19.6. The lowest BCUT2D eigenvalue weighted by molar-refractivity contribution is 0.331. The Morgan fingerprint density at radius 3 is 3.15 bits per heavy atom. The molecule has 0 spiro atoms. The number of aryl methyl sites for hydroxylation is 1. The molecule has 1 aromatic heterocycles. The van der Waals surface area contributed by atoms with E-state index in [1.165, 1.54) is 6.07 Å². The maximum Gasteiger partial charge on any atom is 0.138 e. The third kappa shape index (κ3) is 2.76. The fraction of sp³-hybridized carbons (Fsp3) is 0.429. The van der Waals surface area contributed by atoms with Crippen molar-refractivity contribution in [1.29, 1.82) is 0 Å². The Labute approximate surface area is 125 Å². The van der Waals surface area contributed by atoms with Gasteiger partial charge in [0, 0.05) is 28.5 Å². The van der Waals surface area contributed by atoms with Crippen LogP contribution >= 0.6 is 15.9 Å². The highest BCUT2D eigenvalue weighted by molar-refractivity contribution is 9.10. The Morgan fingerprint density at radius 1 is 1.50 bits per heavy atom. The fourth-order valence-electron chi connectivity index (χ4n) is 2.67. The van der Waals surface area contributed by atoms with E-state index in [2.05, 4.69) is 31.3 Å². The standard InChI is InChI=1S/C14H16BrFN4/c1-9(12-4-2-10(15)6-13(12)16)19-11-3-5-14-17-8-18-20(14)7-11/h2,4,6,8-9,11,19H,3,5,7H2,1H3/t9-,11+/m1/s1. The van der Waals surface area contributed by atoms with Crippen LogP contribution in [0, 0.1) is 5.82 Å². The zero-order valence-corrected chi connectivity index (χ0v) is 12.8. The number of fused-ring (bicyclic) bond motifs is 1. The van der Waals surface area contributed by atoms with Gasteiger partial charge in [-0.1, -0.05) is 22.0 Å². The predicted octanol–water partition coefficient (Wildman–Crippen LogP) is 2.85. The molecule has 2 atom stereocenters. The van der Waals surface area contributed by atoms with Crippen LogP contribution in [0.15, 0.2) is 29.0 Å². The van der Waals surface area contributed by atoms with Gasteiger partial charge in [0.1, 0.15) is 18.0 Å². The number of halogens is 2. The zero-order valence-electron chi connectivity index (χ0n) is 11.2. The van der Waals surface area contributed by atoms with Crippen molar-refractivity contribution in [2.75, 3.05) is 0 Å². The summed E-state index contributed by atoms with van der Waals surface area (Å²) >= 11 is 3.28. The van der Waals surface area contributed by atoms with Crippen molar-refractivity contribution in [2.45, 2.75) is 38.4 Å². The number of rotatable bonds is 3. The average molecular weight is 339 g/mol. The van der Waals surface area contributed by atoms with Crippen LogP contribution in [0.5, 0.6) is 0 Å². The molecule has 0 bridgehead atoms. The molecular weight excluding hydrogens is 323 g/mol. The summed E-state index contributed by atoms with van der Waals surface area (Å²) in [5.74, 6) is 0.849. The molecule has 0 amide bonds. The van der Waals surface area contributed by atoms with Gasteiger partial charge in [0.15, 0.2) is 0 Å². The molecule has 2 aromatic rings. The third-order valence-electron chi connectivity index (χ3n) is 3.72. The van der Waals surface area contributed by atoms with Gasteiger partial charge in [-0.3, -0.25) is 0 Å². The lowest BCUT2D eigenvalue weighted by Gasteiger charge is -2.27. The SMILES string of the molecule is C[C@@H](N[C@H]1CCc2ncnn2C1)c1ccc(Br)cc1F. The molecule has 106 valence electrons. The van der Waals surface area contributed by atoms with Gasteiger partial charge < -0.3 is 5.32 Å². The van der Waals surface area contributed by atoms with Gasteiger partial charge in [0.2, 0.25) is 0 Å². The van der Waals surface area contributed by atoms with Crippen LogP contribution in [0.3, 0.4) is 0 Å². The molecule has 0 saturated carbocycles. The Hall–Kier alpha value is -1.27. The van der Waals surface area contributed by atoms with Gasteiger partial charge in [-0.25, -0.2) is 14.1 Å². The minimum Gasteiger partial charge on any atom is -0.305 e. The number of aromatic nitrogens is 3. The molecule has 0 fully saturated rings. The summed E-state index contributed by atoms with van der Waals surface area (Å²) < 4.78 is 16.6. The summed E-state index contributed by atoms with van der Waals surface area (Å²) in [6.45, 7) is 2.78. The first-order chi connectivity index (χ1) is 9.63. The molecule has 4 nitrogen and oxygen atoms in total. The second-order valence-electron chi connectivity index (χ2n) is 5.15. The van der Waals surface area contributed by atoms with Crippen LogP contribution in [0.1, 0.15) is 30.8 Å². The Balaban J connectivity index is 1.69. The Morgan fingerprint density at radius 2 is 2.35 bits per heavy atom. The molecule has 0 saturated heterocycles. The van der Waals surface area contributed by atoms with E-state index < -0.39 is 0 Å². The number of hydrogen-bond donors (Lipinski definition) is 1. The van der Waals surface area contributed by atoms with Crippen LogP contribution in [0.4, 0.5) is 4.39 Å². The molecule has 20 heavy (non-hydrogen) atoms. The van der Waals surface area contributed by atoms with Gasteiger partial charge in [0.05, 0.1) is 6.54 Å². The van der Waals surface area contributed by atoms with E-state index >= 15 is 0 Å². The second-order valence-corrected chi connectivity index (χ2v) is 6.06. The molecule has 0 unspecified atom stereocenters.